The quantitative estimate of drug-likeness (QED) is 0.829. The van der Waals surface area contributed by atoms with Crippen molar-refractivity contribution in [3.63, 3.8) is 0 Å². The highest BCUT2D eigenvalue weighted by molar-refractivity contribution is 7.12. The first kappa shape index (κ1) is 11.2. The number of nitrogens with zero attached hydrogens (tertiary/aromatic N) is 2. The predicted octanol–water partition coefficient (Wildman–Crippen LogP) is 1.46. The summed E-state index contributed by atoms with van der Waals surface area (Å²) in [6.07, 6.45) is 2.88. The molecule has 6 nitrogen and oxygen atoms in total. The van der Waals surface area contributed by atoms with Gasteiger partial charge in [0.05, 0.1) is 11.7 Å². The molecule has 2 aromatic rings. The molecular weight excluding hydrogens is 244 g/mol. The van der Waals surface area contributed by atoms with Crippen molar-refractivity contribution >= 4 is 23.3 Å². The van der Waals surface area contributed by atoms with Gasteiger partial charge in [-0.05, 0) is 12.1 Å². The van der Waals surface area contributed by atoms with Crippen molar-refractivity contribution in [1.29, 1.82) is 0 Å². The van der Waals surface area contributed by atoms with E-state index < -0.39 is 11.9 Å². The van der Waals surface area contributed by atoms with E-state index in [0.29, 0.717) is 0 Å². The third kappa shape index (κ3) is 2.45. The monoisotopic (exact) mass is 250 g/mol. The lowest BCUT2D eigenvalue weighted by Gasteiger charge is -2.01. The van der Waals surface area contributed by atoms with Crippen LogP contribution in [0.2, 0.25) is 0 Å². The maximum atomic E-state index is 11.6. The van der Waals surface area contributed by atoms with Crippen LogP contribution in [0.5, 0.6) is 5.75 Å². The number of esters is 1. The minimum Gasteiger partial charge on any atom is -0.477 e. The summed E-state index contributed by atoms with van der Waals surface area (Å²) in [6, 6.07) is 3.14. The molecule has 2 aromatic heterocycles. The van der Waals surface area contributed by atoms with Crippen molar-refractivity contribution in [3.05, 3.63) is 40.6 Å². The lowest BCUT2D eigenvalue weighted by molar-refractivity contribution is 0.0670. The number of hydrogen-bond acceptors (Lipinski definition) is 6. The van der Waals surface area contributed by atoms with Crippen molar-refractivity contribution in [2.24, 2.45) is 0 Å². The number of aromatic nitrogens is 2. The molecule has 0 unspecified atom stereocenters. The van der Waals surface area contributed by atoms with E-state index >= 15 is 0 Å². The van der Waals surface area contributed by atoms with Gasteiger partial charge in [0, 0.05) is 6.20 Å². The van der Waals surface area contributed by atoms with E-state index in [4.69, 9.17) is 9.84 Å². The number of hydrogen-bond donors (Lipinski definition) is 1. The second kappa shape index (κ2) is 4.71. The highest BCUT2D eigenvalue weighted by atomic mass is 32.1. The normalized spacial score (nSPS) is 9.88. The Morgan fingerprint density at radius 1 is 1.41 bits per heavy atom. The molecule has 2 rings (SSSR count). The molecule has 0 aliphatic rings. The van der Waals surface area contributed by atoms with Gasteiger partial charge in [-0.3, -0.25) is 4.98 Å². The molecular formula is C10H6N2O4S. The largest absolute Gasteiger partial charge is 0.477 e. The summed E-state index contributed by atoms with van der Waals surface area (Å²) in [5.41, 5.74) is 1.08. The van der Waals surface area contributed by atoms with Crippen molar-refractivity contribution in [2.45, 2.75) is 0 Å². The summed E-state index contributed by atoms with van der Waals surface area (Å²) in [5, 5.41) is 8.82. The summed E-state index contributed by atoms with van der Waals surface area (Å²) in [4.78, 5) is 29.7. The van der Waals surface area contributed by atoms with E-state index in [2.05, 4.69) is 9.97 Å². The SMILES string of the molecule is O=C(Oc1cccnc1)c1ncsc1C(=O)O. The topological polar surface area (TPSA) is 89.4 Å². The second-order valence-corrected chi connectivity index (χ2v) is 3.77. The summed E-state index contributed by atoms with van der Waals surface area (Å²) < 4.78 is 4.93. The first-order chi connectivity index (χ1) is 8.18. The minimum atomic E-state index is -1.20. The van der Waals surface area contributed by atoms with E-state index in [0.717, 1.165) is 11.3 Å². The summed E-state index contributed by atoms with van der Waals surface area (Å²) in [7, 11) is 0. The fourth-order valence-corrected chi connectivity index (χ4v) is 1.72. The third-order valence-electron chi connectivity index (χ3n) is 1.80. The van der Waals surface area contributed by atoms with Crippen molar-refractivity contribution in [1.82, 2.24) is 9.97 Å². The maximum absolute atomic E-state index is 11.6. The predicted molar refractivity (Wildman–Crippen MR) is 58.3 cm³/mol. The number of thiazole rings is 1. The fraction of sp³-hybridized carbons (Fsp3) is 0. The van der Waals surface area contributed by atoms with Crippen LogP contribution in [0.25, 0.3) is 0 Å². The molecule has 86 valence electrons. The molecule has 7 heteroatoms. The average Bonchev–Trinajstić information content (AvgIpc) is 2.79. The van der Waals surface area contributed by atoms with Crippen LogP contribution in [0, 0.1) is 0 Å². The van der Waals surface area contributed by atoms with Crippen LogP contribution in [0.15, 0.2) is 30.0 Å². The standard InChI is InChI=1S/C10H6N2O4S/c13-9(14)8-7(12-5-17-8)10(15)16-6-2-1-3-11-4-6/h1-5H,(H,13,14). The Hall–Kier alpha value is -2.28. The fourth-order valence-electron chi connectivity index (χ4n) is 1.11. The molecule has 0 spiro atoms. The van der Waals surface area contributed by atoms with Crippen LogP contribution < -0.4 is 4.74 Å². The van der Waals surface area contributed by atoms with Crippen LogP contribution in [-0.4, -0.2) is 27.0 Å². The van der Waals surface area contributed by atoms with Crippen molar-refractivity contribution in [2.75, 3.05) is 0 Å². The van der Waals surface area contributed by atoms with Crippen LogP contribution in [0.4, 0.5) is 0 Å². The van der Waals surface area contributed by atoms with E-state index in [9.17, 15) is 9.59 Å². The number of carbonyl (C=O) groups excluding carboxylic acids is 1. The Balaban J connectivity index is 2.21. The molecule has 0 radical (unpaired) electrons. The highest BCUT2D eigenvalue weighted by Gasteiger charge is 2.21. The summed E-state index contributed by atoms with van der Waals surface area (Å²) >= 11 is 0.869. The zero-order valence-electron chi connectivity index (χ0n) is 8.36. The molecule has 0 amide bonds. The van der Waals surface area contributed by atoms with E-state index in [-0.39, 0.29) is 16.3 Å². The molecule has 0 atom stereocenters. The smallest absolute Gasteiger partial charge is 0.364 e. The number of carboxylic acid groups (broad SMARTS) is 1. The molecule has 0 bridgehead atoms. The summed E-state index contributed by atoms with van der Waals surface area (Å²) in [5.74, 6) is -1.77. The first-order valence-corrected chi connectivity index (χ1v) is 5.35. The molecule has 0 aliphatic heterocycles. The molecule has 0 aliphatic carbocycles. The minimum absolute atomic E-state index is 0.140. The number of carbonyl (C=O) groups is 2. The lowest BCUT2D eigenvalue weighted by Crippen LogP contribution is -2.13. The molecule has 0 saturated carbocycles. The number of carboxylic acids is 1. The Morgan fingerprint density at radius 3 is 2.88 bits per heavy atom. The van der Waals surface area contributed by atoms with Gasteiger partial charge in [0.1, 0.15) is 10.6 Å². The molecule has 0 fully saturated rings. The van der Waals surface area contributed by atoms with Gasteiger partial charge < -0.3 is 9.84 Å². The zero-order valence-corrected chi connectivity index (χ0v) is 9.18. The molecule has 2 heterocycles. The van der Waals surface area contributed by atoms with Gasteiger partial charge in [-0.1, -0.05) is 0 Å². The van der Waals surface area contributed by atoms with Gasteiger partial charge in [0.2, 0.25) is 0 Å². The number of ether oxygens (including phenoxy) is 1. The molecule has 0 saturated heterocycles. The number of rotatable bonds is 3. The van der Waals surface area contributed by atoms with Crippen LogP contribution >= 0.6 is 11.3 Å². The Kier molecular flexibility index (Phi) is 3.10. The van der Waals surface area contributed by atoms with Crippen LogP contribution in [0.1, 0.15) is 20.2 Å². The van der Waals surface area contributed by atoms with E-state index in [1.807, 2.05) is 0 Å². The van der Waals surface area contributed by atoms with Gasteiger partial charge in [-0.15, -0.1) is 11.3 Å². The van der Waals surface area contributed by atoms with Gasteiger partial charge in [0.15, 0.2) is 5.69 Å². The Labute approximate surface area is 99.5 Å². The van der Waals surface area contributed by atoms with Crippen molar-refractivity contribution in [3.8, 4) is 5.75 Å². The van der Waals surface area contributed by atoms with Gasteiger partial charge in [-0.25, -0.2) is 14.6 Å². The van der Waals surface area contributed by atoms with Gasteiger partial charge in [0.25, 0.3) is 0 Å². The Morgan fingerprint density at radius 2 is 2.24 bits per heavy atom. The molecule has 0 aromatic carbocycles. The zero-order chi connectivity index (χ0) is 12.3. The van der Waals surface area contributed by atoms with E-state index in [1.54, 1.807) is 6.07 Å². The number of pyridine rings is 1. The maximum Gasteiger partial charge on any atom is 0.364 e. The average molecular weight is 250 g/mol. The van der Waals surface area contributed by atoms with E-state index in [1.165, 1.54) is 24.0 Å². The lowest BCUT2D eigenvalue weighted by atomic mass is 10.3. The number of aromatic carboxylic acids is 1. The Bertz CT molecular complexity index is 552. The summed E-state index contributed by atoms with van der Waals surface area (Å²) in [6.45, 7) is 0. The van der Waals surface area contributed by atoms with Crippen LogP contribution in [0.3, 0.4) is 0 Å². The molecule has 17 heavy (non-hydrogen) atoms. The van der Waals surface area contributed by atoms with Gasteiger partial charge >= 0.3 is 11.9 Å². The highest BCUT2D eigenvalue weighted by Crippen LogP contribution is 2.16. The third-order valence-corrected chi connectivity index (χ3v) is 2.61. The van der Waals surface area contributed by atoms with Crippen LogP contribution in [-0.2, 0) is 0 Å². The molecule has 1 N–H and O–H groups in total. The van der Waals surface area contributed by atoms with Crippen molar-refractivity contribution < 1.29 is 19.4 Å². The second-order valence-electron chi connectivity index (χ2n) is 2.91. The first-order valence-electron chi connectivity index (χ1n) is 4.47. The van der Waals surface area contributed by atoms with Gasteiger partial charge in [-0.2, -0.15) is 0 Å².